The van der Waals surface area contributed by atoms with Gasteiger partial charge in [-0.1, -0.05) is 0 Å². The highest BCUT2D eigenvalue weighted by atomic mass is 19.4. The number of rotatable bonds is 3. The monoisotopic (exact) mass is 271 g/mol. The van der Waals surface area contributed by atoms with E-state index in [0.29, 0.717) is 11.5 Å². The van der Waals surface area contributed by atoms with E-state index in [-0.39, 0.29) is 12.2 Å². The van der Waals surface area contributed by atoms with Crippen molar-refractivity contribution < 1.29 is 13.2 Å². The third-order valence-corrected chi connectivity index (χ3v) is 2.46. The maximum atomic E-state index is 12.7. The molecule has 19 heavy (non-hydrogen) atoms. The number of nitrogens with one attached hydrogen (secondary N) is 1. The minimum atomic E-state index is -4.47. The molecular weight excluding hydrogens is 259 g/mol. The SMILES string of the molecule is Cn1cnc(CNc2ccc(N)c(C(F)(F)F)c2)n1. The van der Waals surface area contributed by atoms with Crippen LogP contribution in [0.2, 0.25) is 0 Å². The maximum Gasteiger partial charge on any atom is 0.418 e. The number of nitrogens with zero attached hydrogens (tertiary/aromatic N) is 3. The number of aryl methyl sites for hydroxylation is 1. The summed E-state index contributed by atoms with van der Waals surface area (Å²) < 4.78 is 39.5. The lowest BCUT2D eigenvalue weighted by Crippen LogP contribution is -2.10. The molecule has 0 aliphatic carbocycles. The molecule has 0 aliphatic heterocycles. The Morgan fingerprint density at radius 3 is 2.68 bits per heavy atom. The summed E-state index contributed by atoms with van der Waals surface area (Å²) in [5.74, 6) is 0.493. The third-order valence-electron chi connectivity index (χ3n) is 2.46. The molecule has 0 saturated heterocycles. The van der Waals surface area contributed by atoms with Crippen LogP contribution in [-0.2, 0) is 19.8 Å². The van der Waals surface area contributed by atoms with E-state index in [2.05, 4.69) is 15.4 Å². The van der Waals surface area contributed by atoms with Gasteiger partial charge in [0, 0.05) is 18.4 Å². The molecule has 1 heterocycles. The summed E-state index contributed by atoms with van der Waals surface area (Å²) in [4.78, 5) is 3.96. The highest BCUT2D eigenvalue weighted by Crippen LogP contribution is 2.35. The largest absolute Gasteiger partial charge is 0.418 e. The van der Waals surface area contributed by atoms with Crippen LogP contribution in [0, 0.1) is 0 Å². The van der Waals surface area contributed by atoms with Gasteiger partial charge in [-0.15, -0.1) is 0 Å². The van der Waals surface area contributed by atoms with E-state index >= 15 is 0 Å². The lowest BCUT2D eigenvalue weighted by molar-refractivity contribution is -0.136. The van der Waals surface area contributed by atoms with Gasteiger partial charge in [0.25, 0.3) is 0 Å². The van der Waals surface area contributed by atoms with Crippen LogP contribution in [0.1, 0.15) is 11.4 Å². The van der Waals surface area contributed by atoms with Crippen LogP contribution in [0.25, 0.3) is 0 Å². The van der Waals surface area contributed by atoms with Gasteiger partial charge in [-0.05, 0) is 18.2 Å². The summed E-state index contributed by atoms with van der Waals surface area (Å²) in [6, 6.07) is 3.67. The molecule has 0 spiro atoms. The Kier molecular flexibility index (Phi) is 3.32. The zero-order chi connectivity index (χ0) is 14.0. The number of nitrogens with two attached hydrogens (primary N) is 1. The van der Waals surface area contributed by atoms with Crippen LogP contribution < -0.4 is 11.1 Å². The fraction of sp³-hybridized carbons (Fsp3) is 0.273. The van der Waals surface area contributed by atoms with E-state index in [1.807, 2.05) is 0 Å². The summed E-state index contributed by atoms with van der Waals surface area (Å²) >= 11 is 0. The molecule has 102 valence electrons. The molecule has 2 rings (SSSR count). The van der Waals surface area contributed by atoms with Gasteiger partial charge in [-0.3, -0.25) is 4.68 Å². The van der Waals surface area contributed by atoms with E-state index in [1.165, 1.54) is 23.1 Å². The minimum absolute atomic E-state index is 0.238. The number of alkyl halides is 3. The van der Waals surface area contributed by atoms with E-state index in [0.717, 1.165) is 6.07 Å². The van der Waals surface area contributed by atoms with Gasteiger partial charge < -0.3 is 11.1 Å². The Morgan fingerprint density at radius 2 is 2.11 bits per heavy atom. The Bertz CT molecular complexity index is 576. The van der Waals surface area contributed by atoms with Crippen molar-refractivity contribution in [3.05, 3.63) is 35.9 Å². The van der Waals surface area contributed by atoms with E-state index in [4.69, 9.17) is 5.73 Å². The summed E-state index contributed by atoms with van der Waals surface area (Å²) in [6.07, 6.45) is -2.95. The molecule has 0 fully saturated rings. The van der Waals surface area contributed by atoms with E-state index in [9.17, 15) is 13.2 Å². The van der Waals surface area contributed by atoms with E-state index in [1.54, 1.807) is 7.05 Å². The zero-order valence-electron chi connectivity index (χ0n) is 10.1. The first-order valence-electron chi connectivity index (χ1n) is 5.41. The summed E-state index contributed by atoms with van der Waals surface area (Å²) in [6.45, 7) is 0.238. The molecule has 0 saturated carbocycles. The Labute approximate surface area is 107 Å². The van der Waals surface area contributed by atoms with Crippen molar-refractivity contribution in [2.45, 2.75) is 12.7 Å². The van der Waals surface area contributed by atoms with Crippen molar-refractivity contribution in [2.24, 2.45) is 7.05 Å². The fourth-order valence-electron chi connectivity index (χ4n) is 1.56. The highest BCUT2D eigenvalue weighted by Gasteiger charge is 2.33. The molecule has 2 aromatic rings. The van der Waals surface area contributed by atoms with Crippen LogP contribution in [0.4, 0.5) is 24.5 Å². The van der Waals surface area contributed by atoms with Crippen molar-refractivity contribution in [3.63, 3.8) is 0 Å². The Morgan fingerprint density at radius 1 is 1.37 bits per heavy atom. The smallest absolute Gasteiger partial charge is 0.398 e. The molecule has 0 radical (unpaired) electrons. The lowest BCUT2D eigenvalue weighted by Gasteiger charge is -2.12. The molecule has 0 unspecified atom stereocenters. The Hall–Kier alpha value is -2.25. The number of hydrogen-bond donors (Lipinski definition) is 2. The second-order valence-electron chi connectivity index (χ2n) is 3.99. The third kappa shape index (κ3) is 3.15. The number of aromatic nitrogens is 3. The topological polar surface area (TPSA) is 68.8 Å². The van der Waals surface area contributed by atoms with Gasteiger partial charge in [0.15, 0.2) is 5.82 Å². The zero-order valence-corrected chi connectivity index (χ0v) is 10.1. The van der Waals surface area contributed by atoms with Crippen molar-refractivity contribution >= 4 is 11.4 Å². The number of halogens is 3. The molecule has 0 amide bonds. The molecule has 0 atom stereocenters. The predicted molar refractivity (Wildman–Crippen MR) is 64.2 cm³/mol. The van der Waals surface area contributed by atoms with Gasteiger partial charge in [-0.25, -0.2) is 4.98 Å². The van der Waals surface area contributed by atoms with Crippen LogP contribution >= 0.6 is 0 Å². The molecule has 8 heteroatoms. The van der Waals surface area contributed by atoms with Crippen molar-refractivity contribution in [1.29, 1.82) is 0 Å². The first kappa shape index (κ1) is 13.2. The van der Waals surface area contributed by atoms with Gasteiger partial charge >= 0.3 is 6.18 Å². The van der Waals surface area contributed by atoms with Crippen LogP contribution in [0.15, 0.2) is 24.5 Å². The van der Waals surface area contributed by atoms with Crippen LogP contribution in [0.5, 0.6) is 0 Å². The summed E-state index contributed by atoms with van der Waals surface area (Å²) in [5, 5.41) is 6.83. The summed E-state index contributed by atoms with van der Waals surface area (Å²) in [7, 11) is 1.71. The van der Waals surface area contributed by atoms with Crippen molar-refractivity contribution in [1.82, 2.24) is 14.8 Å². The van der Waals surface area contributed by atoms with Gasteiger partial charge in [0.2, 0.25) is 0 Å². The molecule has 0 aliphatic rings. The van der Waals surface area contributed by atoms with Crippen molar-refractivity contribution in [2.75, 3.05) is 11.1 Å². The quantitative estimate of drug-likeness (QED) is 0.838. The molecule has 5 nitrogen and oxygen atoms in total. The molecule has 1 aromatic carbocycles. The second kappa shape index (κ2) is 4.79. The molecule has 3 N–H and O–H groups in total. The second-order valence-corrected chi connectivity index (χ2v) is 3.99. The van der Waals surface area contributed by atoms with Crippen LogP contribution in [-0.4, -0.2) is 14.8 Å². The number of anilines is 2. The molecular formula is C11H12F3N5. The number of benzene rings is 1. The number of hydrogen-bond acceptors (Lipinski definition) is 4. The van der Waals surface area contributed by atoms with Crippen molar-refractivity contribution in [3.8, 4) is 0 Å². The lowest BCUT2D eigenvalue weighted by atomic mass is 10.1. The highest BCUT2D eigenvalue weighted by molar-refractivity contribution is 5.58. The van der Waals surface area contributed by atoms with Crippen LogP contribution in [0.3, 0.4) is 0 Å². The standard InChI is InChI=1S/C11H12F3N5/c1-19-6-17-10(18-19)5-16-7-2-3-9(15)8(4-7)11(12,13)14/h2-4,6,16H,5,15H2,1H3. The van der Waals surface area contributed by atoms with Gasteiger partial charge in [-0.2, -0.15) is 18.3 Å². The van der Waals surface area contributed by atoms with E-state index < -0.39 is 11.7 Å². The predicted octanol–water partition coefficient (Wildman–Crippen LogP) is 2.03. The first-order valence-corrected chi connectivity index (χ1v) is 5.41. The molecule has 1 aromatic heterocycles. The number of nitrogen functional groups attached to an aromatic ring is 1. The van der Waals surface area contributed by atoms with Gasteiger partial charge in [0.05, 0.1) is 12.1 Å². The minimum Gasteiger partial charge on any atom is -0.398 e. The normalized spacial score (nSPS) is 11.6. The average molecular weight is 271 g/mol. The summed E-state index contributed by atoms with van der Waals surface area (Å²) in [5.41, 5.74) is 4.47. The fourth-order valence-corrected chi connectivity index (χ4v) is 1.56. The average Bonchev–Trinajstić information content (AvgIpc) is 2.72. The maximum absolute atomic E-state index is 12.7. The molecule has 0 bridgehead atoms. The van der Waals surface area contributed by atoms with Gasteiger partial charge in [0.1, 0.15) is 6.33 Å². The Balaban J connectivity index is 2.13. The first-order chi connectivity index (χ1) is 8.86.